The Morgan fingerprint density at radius 2 is 2.06 bits per heavy atom. The van der Waals surface area contributed by atoms with Crippen LogP contribution in [0.3, 0.4) is 0 Å². The van der Waals surface area contributed by atoms with E-state index in [0.717, 1.165) is 37.2 Å². The number of hydrogen-bond donors (Lipinski definition) is 3. The maximum atomic E-state index is 13.5. The number of carbonyl (C=O) groups excluding carboxylic acids is 1. The van der Waals surface area contributed by atoms with E-state index in [1.165, 1.54) is 31.3 Å². The molecule has 166 valence electrons. The van der Waals surface area contributed by atoms with E-state index < -0.39 is 6.10 Å². The molecule has 1 atom stereocenters. The Morgan fingerprint density at radius 3 is 2.81 bits per heavy atom. The van der Waals surface area contributed by atoms with Crippen LogP contribution in [0.15, 0.2) is 36.4 Å². The Bertz CT molecular complexity index is 959. The van der Waals surface area contributed by atoms with E-state index in [1.807, 2.05) is 0 Å². The second kappa shape index (κ2) is 8.72. The molecular formula is C23H27FN2O5. The van der Waals surface area contributed by atoms with Crippen LogP contribution < -0.4 is 14.8 Å². The highest BCUT2D eigenvalue weighted by Gasteiger charge is 2.42. The molecule has 1 saturated heterocycles. The van der Waals surface area contributed by atoms with Gasteiger partial charge in [-0.05, 0) is 30.3 Å². The van der Waals surface area contributed by atoms with Gasteiger partial charge in [0.05, 0.1) is 5.56 Å². The Morgan fingerprint density at radius 1 is 1.29 bits per heavy atom. The van der Waals surface area contributed by atoms with Crippen molar-refractivity contribution >= 4 is 5.91 Å². The van der Waals surface area contributed by atoms with Crippen molar-refractivity contribution < 1.29 is 28.9 Å². The molecule has 1 spiro atoms. The number of β-amino-alcohol motifs (C(OH)–C–C–N with tert-alkyl or cyclic N) is 1. The molecule has 7 nitrogen and oxygen atoms in total. The lowest BCUT2D eigenvalue weighted by molar-refractivity contribution is -0.00200. The summed E-state index contributed by atoms with van der Waals surface area (Å²) in [4.78, 5) is 14.1. The van der Waals surface area contributed by atoms with Crippen molar-refractivity contribution in [2.75, 3.05) is 33.3 Å². The Kier molecular flexibility index (Phi) is 6.02. The number of likely N-dealkylation sites (tertiary alicyclic amines) is 1. The molecule has 0 unspecified atom stereocenters. The predicted molar refractivity (Wildman–Crippen MR) is 112 cm³/mol. The second-order valence-corrected chi connectivity index (χ2v) is 8.24. The lowest BCUT2D eigenvalue weighted by Crippen LogP contribution is -2.49. The largest absolute Gasteiger partial charge is 0.508 e. The number of aliphatic hydroxyl groups is 1. The lowest BCUT2D eigenvalue weighted by Gasteiger charge is -2.39. The van der Waals surface area contributed by atoms with Gasteiger partial charge in [0.2, 0.25) is 0 Å². The topological polar surface area (TPSA) is 91.3 Å². The summed E-state index contributed by atoms with van der Waals surface area (Å²) < 4.78 is 25.3. The minimum absolute atomic E-state index is 0.00366. The van der Waals surface area contributed by atoms with Crippen molar-refractivity contribution in [1.82, 2.24) is 10.2 Å². The van der Waals surface area contributed by atoms with E-state index in [4.69, 9.17) is 9.47 Å². The van der Waals surface area contributed by atoms with Crippen molar-refractivity contribution in [2.45, 2.75) is 31.0 Å². The number of halogens is 1. The zero-order valence-electron chi connectivity index (χ0n) is 17.4. The molecule has 0 bridgehead atoms. The van der Waals surface area contributed by atoms with Crippen molar-refractivity contribution in [2.24, 2.45) is 0 Å². The fraction of sp³-hybridized carbons (Fsp3) is 0.435. The van der Waals surface area contributed by atoms with Crippen LogP contribution in [0.25, 0.3) is 0 Å². The maximum Gasteiger partial charge on any atom is 0.254 e. The number of aliphatic hydroxyl groups excluding tert-OH is 1. The van der Waals surface area contributed by atoms with Gasteiger partial charge in [-0.25, -0.2) is 4.39 Å². The first-order valence-corrected chi connectivity index (χ1v) is 10.4. The van der Waals surface area contributed by atoms with Crippen molar-refractivity contribution in [3.8, 4) is 17.2 Å². The zero-order chi connectivity index (χ0) is 22.0. The van der Waals surface area contributed by atoms with Crippen LogP contribution >= 0.6 is 0 Å². The minimum atomic E-state index is -0.760. The van der Waals surface area contributed by atoms with E-state index in [1.54, 1.807) is 12.1 Å². The molecule has 2 aromatic rings. The molecule has 8 heteroatoms. The number of nitrogens with zero attached hydrogens (tertiary/aromatic N) is 1. The van der Waals surface area contributed by atoms with Crippen LogP contribution in [-0.4, -0.2) is 66.0 Å². The first-order valence-electron chi connectivity index (χ1n) is 10.4. The molecule has 4 rings (SSSR count). The smallest absolute Gasteiger partial charge is 0.254 e. The standard InChI is InChI=1S/C23H27FN2O5/c1-25-22(29)19-4-3-17(27)11-21(19)30-14-18(28)13-26-8-6-23(7-9-26)12-15-10-16(24)2-5-20(15)31-23/h2-5,10-11,18,27-28H,6-9,12-14H2,1H3,(H,25,29)/t18-/m0/s1. The number of benzene rings is 2. The SMILES string of the molecule is CNC(=O)c1ccc(O)cc1OC[C@@H](O)CN1CCC2(CC1)Cc1cc(F)ccc1O2. The Hall–Kier alpha value is -2.84. The van der Waals surface area contributed by atoms with Crippen LogP contribution in [0.4, 0.5) is 4.39 Å². The molecule has 1 amide bonds. The van der Waals surface area contributed by atoms with Crippen LogP contribution in [0.2, 0.25) is 0 Å². The van der Waals surface area contributed by atoms with Gasteiger partial charge < -0.3 is 29.9 Å². The zero-order valence-corrected chi connectivity index (χ0v) is 17.4. The number of fused-ring (bicyclic) bond motifs is 1. The van der Waals surface area contributed by atoms with E-state index >= 15 is 0 Å². The average Bonchev–Trinajstić information content (AvgIpc) is 3.10. The molecule has 31 heavy (non-hydrogen) atoms. The van der Waals surface area contributed by atoms with Gasteiger partial charge in [0.25, 0.3) is 5.91 Å². The maximum absolute atomic E-state index is 13.5. The molecule has 1 fully saturated rings. The minimum Gasteiger partial charge on any atom is -0.508 e. The molecule has 0 radical (unpaired) electrons. The summed E-state index contributed by atoms with van der Waals surface area (Å²) in [7, 11) is 1.51. The molecule has 3 N–H and O–H groups in total. The van der Waals surface area contributed by atoms with Gasteiger partial charge in [0.1, 0.15) is 41.4 Å². The second-order valence-electron chi connectivity index (χ2n) is 8.24. The number of carbonyl (C=O) groups is 1. The Labute approximate surface area is 180 Å². The summed E-state index contributed by atoms with van der Waals surface area (Å²) in [5.74, 6) is 0.395. The van der Waals surface area contributed by atoms with Gasteiger partial charge in [-0.2, -0.15) is 0 Å². The van der Waals surface area contributed by atoms with Gasteiger partial charge in [0.15, 0.2) is 0 Å². The molecule has 2 aliphatic heterocycles. The molecule has 0 aliphatic carbocycles. The number of phenols is 1. The monoisotopic (exact) mass is 430 g/mol. The van der Waals surface area contributed by atoms with Gasteiger partial charge in [-0.15, -0.1) is 0 Å². The number of amides is 1. The van der Waals surface area contributed by atoms with E-state index in [2.05, 4.69) is 10.2 Å². The summed E-state index contributed by atoms with van der Waals surface area (Å²) in [5, 5.41) is 22.7. The number of ether oxygens (including phenoxy) is 2. The fourth-order valence-electron chi connectivity index (χ4n) is 4.31. The molecular weight excluding hydrogens is 403 g/mol. The number of nitrogens with one attached hydrogen (secondary N) is 1. The van der Waals surface area contributed by atoms with Crippen molar-refractivity contribution in [3.63, 3.8) is 0 Å². The third-order valence-corrected chi connectivity index (χ3v) is 5.97. The van der Waals surface area contributed by atoms with Crippen LogP contribution in [0, 0.1) is 5.82 Å². The molecule has 0 aromatic heterocycles. The summed E-state index contributed by atoms with van der Waals surface area (Å²) in [6.07, 6.45) is 1.54. The van der Waals surface area contributed by atoms with Crippen molar-refractivity contribution in [3.05, 3.63) is 53.3 Å². The van der Waals surface area contributed by atoms with E-state index in [9.17, 15) is 19.4 Å². The van der Waals surface area contributed by atoms with E-state index in [-0.39, 0.29) is 35.4 Å². The lowest BCUT2D eigenvalue weighted by atomic mass is 9.87. The number of aromatic hydroxyl groups is 1. The first kappa shape index (κ1) is 21.4. The summed E-state index contributed by atoms with van der Waals surface area (Å²) in [5.41, 5.74) is 0.916. The fourth-order valence-corrected chi connectivity index (χ4v) is 4.31. The number of piperidine rings is 1. The van der Waals surface area contributed by atoms with Crippen molar-refractivity contribution in [1.29, 1.82) is 0 Å². The molecule has 2 heterocycles. The van der Waals surface area contributed by atoms with Crippen LogP contribution in [0.1, 0.15) is 28.8 Å². The Balaban J connectivity index is 1.28. The van der Waals surface area contributed by atoms with Gasteiger partial charge in [-0.3, -0.25) is 4.79 Å². The molecule has 2 aliphatic rings. The highest BCUT2D eigenvalue weighted by Crippen LogP contribution is 2.41. The van der Waals surface area contributed by atoms with E-state index in [0.29, 0.717) is 18.5 Å². The number of rotatable bonds is 6. The quantitative estimate of drug-likeness (QED) is 0.650. The van der Waals surface area contributed by atoms with Gasteiger partial charge in [0, 0.05) is 57.6 Å². The summed E-state index contributed by atoms with van der Waals surface area (Å²) in [6, 6.07) is 8.92. The number of hydrogen-bond acceptors (Lipinski definition) is 6. The normalized spacial score (nSPS) is 18.3. The highest BCUT2D eigenvalue weighted by molar-refractivity contribution is 5.96. The van der Waals surface area contributed by atoms with Gasteiger partial charge >= 0.3 is 0 Å². The van der Waals surface area contributed by atoms with Crippen LogP contribution in [-0.2, 0) is 6.42 Å². The predicted octanol–water partition coefficient (Wildman–Crippen LogP) is 2.10. The summed E-state index contributed by atoms with van der Waals surface area (Å²) in [6.45, 7) is 1.92. The first-order chi connectivity index (χ1) is 14.9. The third-order valence-electron chi connectivity index (χ3n) is 5.97. The van der Waals surface area contributed by atoms with Crippen LogP contribution in [0.5, 0.6) is 17.2 Å². The summed E-state index contributed by atoms with van der Waals surface area (Å²) >= 11 is 0. The third kappa shape index (κ3) is 4.75. The average molecular weight is 430 g/mol. The molecule has 0 saturated carbocycles. The van der Waals surface area contributed by atoms with Gasteiger partial charge in [-0.1, -0.05) is 0 Å². The highest BCUT2D eigenvalue weighted by atomic mass is 19.1. The molecule has 2 aromatic carbocycles. The number of phenolic OH excluding ortho intramolecular Hbond substituents is 1.